The third kappa shape index (κ3) is 5.07. The van der Waals surface area contributed by atoms with Crippen LogP contribution in [0.5, 0.6) is 0 Å². The van der Waals surface area contributed by atoms with Gasteiger partial charge in [0.05, 0.1) is 0 Å². The summed E-state index contributed by atoms with van der Waals surface area (Å²) >= 11 is 0. The van der Waals surface area contributed by atoms with E-state index in [2.05, 4.69) is 30.7 Å². The van der Waals surface area contributed by atoms with Gasteiger partial charge in [-0.3, -0.25) is 9.59 Å². The van der Waals surface area contributed by atoms with E-state index in [1.165, 1.54) is 0 Å². The highest BCUT2D eigenvalue weighted by Gasteiger charge is 2.21. The zero-order valence-corrected chi connectivity index (χ0v) is 16.3. The molecule has 1 aromatic heterocycles. The molecule has 1 heterocycles. The number of nitrogens with one attached hydrogen (secondary N) is 1. The van der Waals surface area contributed by atoms with Crippen molar-refractivity contribution in [2.75, 3.05) is 5.32 Å². The maximum Gasteiger partial charge on any atom is 0.261 e. The molecule has 0 saturated carbocycles. The Morgan fingerprint density at radius 2 is 1.85 bits per heavy atom. The average Bonchev–Trinajstić information content (AvgIpc) is 2.57. The zero-order valence-electron chi connectivity index (χ0n) is 16.3. The van der Waals surface area contributed by atoms with Crippen molar-refractivity contribution in [2.45, 2.75) is 59.9 Å². The van der Waals surface area contributed by atoms with Crippen molar-refractivity contribution in [1.29, 1.82) is 0 Å². The molecular weight excluding hydrogens is 324 g/mol. The lowest BCUT2D eigenvalue weighted by molar-refractivity contribution is 0.102. The molecule has 4 nitrogen and oxygen atoms in total. The average molecular weight is 354 g/mol. The number of pyridine rings is 1. The number of para-hydroxylation sites is 1. The van der Waals surface area contributed by atoms with Gasteiger partial charge in [0.1, 0.15) is 5.56 Å². The molecule has 1 N–H and O–H groups in total. The van der Waals surface area contributed by atoms with Gasteiger partial charge < -0.3 is 9.88 Å². The van der Waals surface area contributed by atoms with Crippen LogP contribution >= 0.6 is 0 Å². The van der Waals surface area contributed by atoms with Gasteiger partial charge in [-0.15, -0.1) is 0 Å². The molecule has 140 valence electrons. The van der Waals surface area contributed by atoms with Gasteiger partial charge in [0.2, 0.25) is 0 Å². The highest BCUT2D eigenvalue weighted by atomic mass is 16.2. The van der Waals surface area contributed by atoms with Crippen molar-refractivity contribution in [1.82, 2.24) is 4.57 Å². The second-order valence-corrected chi connectivity index (χ2v) is 7.25. The molecule has 0 aliphatic rings. The van der Waals surface area contributed by atoms with Crippen LogP contribution in [0.25, 0.3) is 0 Å². The van der Waals surface area contributed by atoms with Gasteiger partial charge >= 0.3 is 0 Å². The minimum atomic E-state index is -0.318. The normalized spacial score (nSPS) is 11.0. The number of amides is 1. The van der Waals surface area contributed by atoms with Crippen molar-refractivity contribution in [3.8, 4) is 0 Å². The minimum Gasteiger partial charge on any atom is -0.348 e. The fraction of sp³-hybridized carbons (Fsp3) is 0.455. The van der Waals surface area contributed by atoms with Crippen LogP contribution in [0.4, 0.5) is 5.69 Å². The van der Waals surface area contributed by atoms with Crippen molar-refractivity contribution >= 4 is 11.6 Å². The number of hydrogen-bond donors (Lipinski definition) is 1. The number of anilines is 1. The van der Waals surface area contributed by atoms with Gasteiger partial charge in [-0.05, 0) is 37.8 Å². The van der Waals surface area contributed by atoms with Crippen LogP contribution in [-0.2, 0) is 13.0 Å². The summed E-state index contributed by atoms with van der Waals surface area (Å²) in [5.41, 5.74) is 2.57. The Hall–Kier alpha value is -2.36. The van der Waals surface area contributed by atoms with Crippen LogP contribution in [0.3, 0.4) is 0 Å². The number of carbonyl (C=O) groups excluding carboxylic acids is 1. The number of nitrogens with zero attached hydrogens (tertiary/aromatic N) is 1. The molecule has 0 saturated heterocycles. The van der Waals surface area contributed by atoms with Crippen LogP contribution < -0.4 is 10.7 Å². The van der Waals surface area contributed by atoms with Crippen LogP contribution in [-0.4, -0.2) is 10.5 Å². The predicted octanol–water partition coefficient (Wildman–Crippen LogP) is 4.80. The van der Waals surface area contributed by atoms with Crippen LogP contribution in [0.1, 0.15) is 61.8 Å². The smallest absolute Gasteiger partial charge is 0.261 e. The van der Waals surface area contributed by atoms with Gasteiger partial charge in [-0.1, -0.05) is 51.8 Å². The Morgan fingerprint density at radius 1 is 1.15 bits per heavy atom. The molecule has 26 heavy (non-hydrogen) atoms. The summed E-state index contributed by atoms with van der Waals surface area (Å²) in [6.45, 7) is 9.19. The summed E-state index contributed by atoms with van der Waals surface area (Å²) in [5.74, 6) is 0.0398. The summed E-state index contributed by atoms with van der Waals surface area (Å²) < 4.78 is 2.16. The van der Waals surface area contributed by atoms with Crippen LogP contribution in [0.2, 0.25) is 0 Å². The summed E-state index contributed by atoms with van der Waals surface area (Å²) in [6, 6.07) is 10.9. The van der Waals surface area contributed by atoms with Gasteiger partial charge in [0, 0.05) is 29.7 Å². The number of carbonyl (C=O) groups is 1. The molecule has 0 aliphatic carbocycles. The van der Waals surface area contributed by atoms with Gasteiger partial charge in [-0.2, -0.15) is 0 Å². The van der Waals surface area contributed by atoms with Crippen molar-refractivity contribution in [3.63, 3.8) is 0 Å². The number of aryl methyl sites for hydroxylation is 1. The molecule has 0 bridgehead atoms. The fourth-order valence-corrected chi connectivity index (χ4v) is 3.22. The molecule has 1 amide bonds. The van der Waals surface area contributed by atoms with Crippen molar-refractivity contribution < 1.29 is 4.79 Å². The van der Waals surface area contributed by atoms with Gasteiger partial charge in [0.25, 0.3) is 5.91 Å². The first-order valence-corrected chi connectivity index (χ1v) is 9.53. The molecule has 2 aromatic rings. The summed E-state index contributed by atoms with van der Waals surface area (Å²) in [4.78, 5) is 25.6. The predicted molar refractivity (Wildman–Crippen MR) is 108 cm³/mol. The van der Waals surface area contributed by atoms with E-state index >= 15 is 0 Å². The van der Waals surface area contributed by atoms with Crippen molar-refractivity contribution in [2.24, 2.45) is 5.92 Å². The molecule has 2 rings (SSSR count). The third-order valence-electron chi connectivity index (χ3n) is 4.47. The molecule has 4 heteroatoms. The van der Waals surface area contributed by atoms with E-state index in [1.54, 1.807) is 6.07 Å². The Labute approximate surface area is 156 Å². The molecule has 0 atom stereocenters. The molecule has 1 aromatic carbocycles. The van der Waals surface area contributed by atoms with E-state index in [0.717, 1.165) is 37.2 Å². The summed E-state index contributed by atoms with van der Waals surface area (Å²) in [5, 5.41) is 2.87. The van der Waals surface area contributed by atoms with Crippen LogP contribution in [0.15, 0.2) is 41.2 Å². The fourth-order valence-electron chi connectivity index (χ4n) is 3.22. The van der Waals surface area contributed by atoms with E-state index in [-0.39, 0.29) is 16.9 Å². The molecule has 0 radical (unpaired) electrons. The first kappa shape index (κ1) is 20.0. The topological polar surface area (TPSA) is 51.1 Å². The number of benzene rings is 1. The van der Waals surface area contributed by atoms with Crippen LogP contribution in [0, 0.1) is 12.8 Å². The van der Waals surface area contributed by atoms with Gasteiger partial charge in [-0.25, -0.2) is 0 Å². The Bertz CT molecular complexity index is 792. The van der Waals surface area contributed by atoms with Crippen molar-refractivity contribution in [3.05, 3.63) is 63.6 Å². The first-order valence-electron chi connectivity index (χ1n) is 9.53. The van der Waals surface area contributed by atoms with E-state index in [9.17, 15) is 9.59 Å². The van der Waals surface area contributed by atoms with E-state index in [0.29, 0.717) is 18.0 Å². The third-order valence-corrected chi connectivity index (χ3v) is 4.47. The number of unbranched alkanes of at least 4 members (excludes halogenated alkanes) is 2. The lowest BCUT2D eigenvalue weighted by Gasteiger charge is -2.21. The maximum absolute atomic E-state index is 12.9. The lowest BCUT2D eigenvalue weighted by atomic mass is 10.0. The van der Waals surface area contributed by atoms with Gasteiger partial charge in [0.15, 0.2) is 5.43 Å². The highest BCUT2D eigenvalue weighted by Crippen LogP contribution is 2.17. The number of aromatic nitrogens is 1. The molecule has 0 spiro atoms. The van der Waals surface area contributed by atoms with E-state index in [1.807, 2.05) is 37.3 Å². The largest absolute Gasteiger partial charge is 0.348 e. The number of rotatable bonds is 8. The Morgan fingerprint density at radius 3 is 2.46 bits per heavy atom. The Kier molecular flexibility index (Phi) is 7.19. The van der Waals surface area contributed by atoms with E-state index in [4.69, 9.17) is 0 Å². The second-order valence-electron chi connectivity index (χ2n) is 7.25. The molecular formula is C22H30N2O2. The highest BCUT2D eigenvalue weighted by molar-refractivity contribution is 6.05. The lowest BCUT2D eigenvalue weighted by Crippen LogP contribution is -2.29. The monoisotopic (exact) mass is 354 g/mol. The Balaban J connectivity index is 2.46. The standard InChI is InChI=1S/C22H30N2O2/c1-5-6-10-13-24-17(4)15-20(25)21(19(24)14-16(2)3)22(26)23-18-11-8-7-9-12-18/h7-9,11-12,15-16H,5-6,10,13-14H2,1-4H3,(H,23,26). The zero-order chi connectivity index (χ0) is 19.1. The minimum absolute atomic E-state index is 0.196. The summed E-state index contributed by atoms with van der Waals surface area (Å²) in [7, 11) is 0. The van der Waals surface area contributed by atoms with E-state index < -0.39 is 0 Å². The SMILES string of the molecule is CCCCCn1c(C)cc(=O)c(C(=O)Nc2ccccc2)c1CC(C)C. The number of hydrogen-bond acceptors (Lipinski definition) is 2. The second kappa shape index (κ2) is 9.37. The molecule has 0 fully saturated rings. The first-order chi connectivity index (χ1) is 12.4. The molecule has 0 aliphatic heterocycles. The molecule has 0 unspecified atom stereocenters. The quantitative estimate of drug-likeness (QED) is 0.692. The summed E-state index contributed by atoms with van der Waals surface area (Å²) in [6.07, 6.45) is 4.03. The maximum atomic E-state index is 12.9.